The highest BCUT2D eigenvalue weighted by Crippen LogP contribution is 2.24. The van der Waals surface area contributed by atoms with E-state index in [1.165, 1.54) is 7.11 Å². The van der Waals surface area contributed by atoms with Gasteiger partial charge in [-0.25, -0.2) is 0 Å². The van der Waals surface area contributed by atoms with Gasteiger partial charge in [0.2, 0.25) is 0 Å². The minimum absolute atomic E-state index is 0.0548. The van der Waals surface area contributed by atoms with Crippen LogP contribution in [0.15, 0.2) is 24.3 Å². The van der Waals surface area contributed by atoms with E-state index in [1.54, 1.807) is 7.11 Å². The monoisotopic (exact) mass is 315 g/mol. The molecule has 1 aliphatic heterocycles. The second-order valence-electron chi connectivity index (χ2n) is 5.72. The van der Waals surface area contributed by atoms with Crippen molar-refractivity contribution in [2.45, 2.75) is 32.2 Å². The SMILES string of the molecule is COC(=O)C1CCc2nnc(Cc3ccccc3OC)n2CC1. The van der Waals surface area contributed by atoms with E-state index in [9.17, 15) is 4.79 Å². The summed E-state index contributed by atoms with van der Waals surface area (Å²) in [5.74, 6) is 2.53. The zero-order chi connectivity index (χ0) is 16.2. The van der Waals surface area contributed by atoms with Crippen LogP contribution in [0.4, 0.5) is 0 Å². The molecule has 0 radical (unpaired) electrons. The van der Waals surface area contributed by atoms with Crippen LogP contribution in [-0.4, -0.2) is 35.0 Å². The predicted octanol–water partition coefficient (Wildman–Crippen LogP) is 2.00. The van der Waals surface area contributed by atoms with Crippen LogP contribution >= 0.6 is 0 Å². The van der Waals surface area contributed by atoms with Gasteiger partial charge >= 0.3 is 5.97 Å². The maximum absolute atomic E-state index is 11.8. The predicted molar refractivity (Wildman–Crippen MR) is 84.3 cm³/mol. The first kappa shape index (κ1) is 15.5. The number of carbonyl (C=O) groups is 1. The molecule has 1 aliphatic rings. The third kappa shape index (κ3) is 3.21. The Balaban J connectivity index is 1.80. The van der Waals surface area contributed by atoms with Crippen LogP contribution in [0, 0.1) is 5.92 Å². The van der Waals surface area contributed by atoms with E-state index in [4.69, 9.17) is 9.47 Å². The summed E-state index contributed by atoms with van der Waals surface area (Å²) in [5.41, 5.74) is 1.08. The first-order valence-corrected chi connectivity index (χ1v) is 7.83. The molecule has 3 rings (SSSR count). The molecule has 0 aliphatic carbocycles. The Kier molecular flexibility index (Phi) is 4.60. The van der Waals surface area contributed by atoms with Gasteiger partial charge in [0.25, 0.3) is 0 Å². The van der Waals surface area contributed by atoms with Gasteiger partial charge in [-0.15, -0.1) is 10.2 Å². The highest BCUT2D eigenvalue weighted by molar-refractivity contribution is 5.72. The van der Waals surface area contributed by atoms with Gasteiger partial charge in [0, 0.05) is 24.9 Å². The molecular formula is C17H21N3O3. The second-order valence-corrected chi connectivity index (χ2v) is 5.72. The number of methoxy groups -OCH3 is 2. The molecule has 122 valence electrons. The van der Waals surface area contributed by atoms with Crippen molar-refractivity contribution in [1.82, 2.24) is 14.8 Å². The first-order chi connectivity index (χ1) is 11.2. The summed E-state index contributed by atoms with van der Waals surface area (Å²) >= 11 is 0. The molecule has 6 nitrogen and oxygen atoms in total. The lowest BCUT2D eigenvalue weighted by Gasteiger charge is -2.12. The lowest BCUT2D eigenvalue weighted by atomic mass is 10.0. The summed E-state index contributed by atoms with van der Waals surface area (Å²) < 4.78 is 12.4. The number of ether oxygens (including phenoxy) is 2. The highest BCUT2D eigenvalue weighted by Gasteiger charge is 2.25. The molecule has 0 bridgehead atoms. The fraction of sp³-hybridized carbons (Fsp3) is 0.471. The number of esters is 1. The molecule has 2 aromatic rings. The van der Waals surface area contributed by atoms with E-state index in [0.29, 0.717) is 6.42 Å². The van der Waals surface area contributed by atoms with Crippen LogP contribution < -0.4 is 4.74 Å². The van der Waals surface area contributed by atoms with Crippen molar-refractivity contribution in [3.05, 3.63) is 41.5 Å². The molecule has 0 saturated carbocycles. The maximum atomic E-state index is 11.8. The van der Waals surface area contributed by atoms with Crippen molar-refractivity contribution in [2.24, 2.45) is 5.92 Å². The Labute approximate surface area is 135 Å². The molecule has 0 fully saturated rings. The summed E-state index contributed by atoms with van der Waals surface area (Å²) in [7, 11) is 3.12. The average molecular weight is 315 g/mol. The van der Waals surface area contributed by atoms with Gasteiger partial charge in [-0.2, -0.15) is 0 Å². The zero-order valence-electron chi connectivity index (χ0n) is 13.5. The van der Waals surface area contributed by atoms with Crippen LogP contribution in [0.2, 0.25) is 0 Å². The van der Waals surface area contributed by atoms with Crippen molar-refractivity contribution in [3.63, 3.8) is 0 Å². The van der Waals surface area contributed by atoms with Crippen LogP contribution in [-0.2, 0) is 28.9 Å². The molecule has 23 heavy (non-hydrogen) atoms. The fourth-order valence-electron chi connectivity index (χ4n) is 3.10. The number of carbonyl (C=O) groups excluding carboxylic acids is 1. The van der Waals surface area contributed by atoms with E-state index < -0.39 is 0 Å². The van der Waals surface area contributed by atoms with E-state index in [-0.39, 0.29) is 11.9 Å². The van der Waals surface area contributed by atoms with Crippen molar-refractivity contribution in [2.75, 3.05) is 14.2 Å². The first-order valence-electron chi connectivity index (χ1n) is 7.83. The van der Waals surface area contributed by atoms with Crippen molar-refractivity contribution >= 4 is 5.97 Å². The third-order valence-electron chi connectivity index (χ3n) is 4.40. The normalized spacial score (nSPS) is 17.2. The van der Waals surface area contributed by atoms with Crippen LogP contribution in [0.1, 0.15) is 30.1 Å². The highest BCUT2D eigenvalue weighted by atomic mass is 16.5. The smallest absolute Gasteiger partial charge is 0.308 e. The van der Waals surface area contributed by atoms with E-state index in [2.05, 4.69) is 14.8 Å². The molecule has 1 aromatic carbocycles. The van der Waals surface area contributed by atoms with Gasteiger partial charge in [-0.1, -0.05) is 18.2 Å². The topological polar surface area (TPSA) is 66.2 Å². The number of aromatic nitrogens is 3. The molecule has 2 heterocycles. The molecule has 1 unspecified atom stereocenters. The average Bonchev–Trinajstić information content (AvgIpc) is 2.84. The summed E-state index contributed by atoms with van der Waals surface area (Å²) in [5, 5.41) is 8.65. The Morgan fingerprint density at radius 3 is 2.87 bits per heavy atom. The third-order valence-corrected chi connectivity index (χ3v) is 4.40. The van der Waals surface area contributed by atoms with Gasteiger partial charge in [0.1, 0.15) is 17.4 Å². The maximum Gasteiger partial charge on any atom is 0.308 e. The summed E-state index contributed by atoms with van der Waals surface area (Å²) in [4.78, 5) is 11.8. The number of hydrogen-bond donors (Lipinski definition) is 0. The Morgan fingerprint density at radius 1 is 1.26 bits per heavy atom. The van der Waals surface area contributed by atoms with E-state index in [0.717, 1.165) is 48.8 Å². The number of fused-ring (bicyclic) bond motifs is 1. The summed E-state index contributed by atoms with van der Waals surface area (Å²) in [6.45, 7) is 0.743. The summed E-state index contributed by atoms with van der Waals surface area (Å²) in [6, 6.07) is 7.93. The van der Waals surface area contributed by atoms with Crippen LogP contribution in [0.3, 0.4) is 0 Å². The van der Waals surface area contributed by atoms with Crippen LogP contribution in [0.5, 0.6) is 5.75 Å². The van der Waals surface area contributed by atoms with Crippen molar-refractivity contribution < 1.29 is 14.3 Å². The quantitative estimate of drug-likeness (QED) is 0.807. The Bertz CT molecular complexity index is 696. The van der Waals surface area contributed by atoms with Gasteiger partial charge < -0.3 is 14.0 Å². The molecule has 0 amide bonds. The molecule has 0 spiro atoms. The minimum Gasteiger partial charge on any atom is -0.496 e. The van der Waals surface area contributed by atoms with E-state index >= 15 is 0 Å². The molecule has 0 N–H and O–H groups in total. The Hall–Kier alpha value is -2.37. The second kappa shape index (κ2) is 6.81. The van der Waals surface area contributed by atoms with Gasteiger partial charge in [-0.05, 0) is 18.9 Å². The lowest BCUT2D eigenvalue weighted by molar-refractivity contribution is -0.145. The number of nitrogens with zero attached hydrogens (tertiary/aromatic N) is 3. The summed E-state index contributed by atoms with van der Waals surface area (Å²) in [6.07, 6.45) is 2.94. The molecule has 0 saturated heterocycles. The van der Waals surface area contributed by atoms with Crippen molar-refractivity contribution in [3.8, 4) is 5.75 Å². The fourth-order valence-corrected chi connectivity index (χ4v) is 3.10. The van der Waals surface area contributed by atoms with Crippen molar-refractivity contribution in [1.29, 1.82) is 0 Å². The molecule has 6 heteroatoms. The molecular weight excluding hydrogens is 294 g/mol. The zero-order valence-corrected chi connectivity index (χ0v) is 13.5. The van der Waals surface area contributed by atoms with Crippen LogP contribution in [0.25, 0.3) is 0 Å². The molecule has 1 aromatic heterocycles. The number of rotatable bonds is 4. The van der Waals surface area contributed by atoms with E-state index in [1.807, 2.05) is 24.3 Å². The largest absolute Gasteiger partial charge is 0.496 e. The lowest BCUT2D eigenvalue weighted by Crippen LogP contribution is -2.17. The number of benzene rings is 1. The van der Waals surface area contributed by atoms with Gasteiger partial charge in [0.05, 0.1) is 20.1 Å². The van der Waals surface area contributed by atoms with Gasteiger partial charge in [0.15, 0.2) is 0 Å². The number of hydrogen-bond acceptors (Lipinski definition) is 5. The standard InChI is InChI=1S/C17H21N3O3/c1-22-14-6-4-3-5-13(14)11-16-19-18-15-8-7-12(17(21)23-2)9-10-20(15)16/h3-6,12H,7-11H2,1-2H3. The number of para-hydroxylation sites is 1. The number of aryl methyl sites for hydroxylation is 1. The minimum atomic E-state index is -0.130. The van der Waals surface area contributed by atoms with Gasteiger partial charge in [-0.3, -0.25) is 4.79 Å². The molecule has 1 atom stereocenters. The Morgan fingerprint density at radius 2 is 2.09 bits per heavy atom.